The van der Waals surface area contributed by atoms with Gasteiger partial charge in [0.15, 0.2) is 0 Å². The van der Waals surface area contributed by atoms with Crippen molar-refractivity contribution in [2.75, 3.05) is 0 Å². The van der Waals surface area contributed by atoms with Crippen molar-refractivity contribution in [2.24, 2.45) is 0 Å². The maximum atomic E-state index is 6.38. The Labute approximate surface area is 143 Å². The van der Waals surface area contributed by atoms with Crippen molar-refractivity contribution in [1.29, 1.82) is 0 Å². The number of hydrogen-bond acceptors (Lipinski definition) is 2. The minimum absolute atomic E-state index is 0.206. The fraction of sp³-hybridized carbons (Fsp3) is 0.389. The molecule has 0 saturated carbocycles. The number of rotatable bonds is 4. The van der Waals surface area contributed by atoms with Crippen molar-refractivity contribution >= 4 is 24.2 Å². The first kappa shape index (κ1) is 17.2. The van der Waals surface area contributed by atoms with Gasteiger partial charge in [0.1, 0.15) is 5.75 Å². The third-order valence-electron chi connectivity index (χ3n) is 4.25. The van der Waals surface area contributed by atoms with Gasteiger partial charge in [-0.15, -0.1) is 0 Å². The molecule has 0 aliphatic carbocycles. The van der Waals surface area contributed by atoms with Gasteiger partial charge in [-0.2, -0.15) is 0 Å². The lowest BCUT2D eigenvalue weighted by Crippen LogP contribution is -2.43. The fourth-order valence-corrected chi connectivity index (χ4v) is 3.39. The Morgan fingerprint density at radius 1 is 1.09 bits per heavy atom. The average Bonchev–Trinajstić information content (AvgIpc) is 2.37. The molecule has 0 unspecified atom stereocenters. The van der Waals surface area contributed by atoms with Crippen LogP contribution >= 0.6 is 15.9 Å². The standard InChI is InChI=1S/C18H24BrNOSi/c1-18(2,3)22(4,5)21-17-8-6-7-14(11-17)9-15-10-16(19)13-20-12-15/h6-8,10-13H,9H2,1-5H3. The van der Waals surface area contributed by atoms with E-state index in [2.05, 4.69) is 85.1 Å². The van der Waals surface area contributed by atoms with Crippen LogP contribution in [0.1, 0.15) is 31.9 Å². The van der Waals surface area contributed by atoms with E-state index in [0.717, 1.165) is 16.6 Å². The van der Waals surface area contributed by atoms with E-state index in [0.29, 0.717) is 0 Å². The highest BCUT2D eigenvalue weighted by atomic mass is 79.9. The third kappa shape index (κ3) is 4.43. The van der Waals surface area contributed by atoms with Gasteiger partial charge in [-0.1, -0.05) is 32.9 Å². The second kappa shape index (κ2) is 6.55. The Balaban J connectivity index is 2.17. The Kier molecular flexibility index (Phi) is 5.13. The molecule has 0 radical (unpaired) electrons. The summed E-state index contributed by atoms with van der Waals surface area (Å²) in [6, 6.07) is 10.5. The van der Waals surface area contributed by atoms with E-state index in [9.17, 15) is 0 Å². The van der Waals surface area contributed by atoms with E-state index < -0.39 is 8.32 Å². The number of halogens is 1. The highest BCUT2D eigenvalue weighted by Gasteiger charge is 2.38. The molecule has 0 atom stereocenters. The average molecular weight is 378 g/mol. The topological polar surface area (TPSA) is 22.1 Å². The van der Waals surface area contributed by atoms with Crippen molar-refractivity contribution < 1.29 is 4.43 Å². The Hall–Kier alpha value is -1.13. The fourth-order valence-electron chi connectivity index (χ4n) is 1.95. The molecule has 1 aromatic heterocycles. The first-order valence-electron chi connectivity index (χ1n) is 7.55. The Morgan fingerprint density at radius 3 is 2.45 bits per heavy atom. The zero-order valence-corrected chi connectivity index (χ0v) is 16.6. The van der Waals surface area contributed by atoms with Crippen molar-refractivity contribution in [2.45, 2.75) is 45.3 Å². The van der Waals surface area contributed by atoms with Crippen LogP contribution in [0.5, 0.6) is 5.75 Å². The van der Waals surface area contributed by atoms with Crippen molar-refractivity contribution in [3.63, 3.8) is 0 Å². The summed E-state index contributed by atoms with van der Waals surface area (Å²) < 4.78 is 7.40. The van der Waals surface area contributed by atoms with Gasteiger partial charge in [-0.05, 0) is 69.8 Å². The minimum atomic E-state index is -1.79. The number of benzene rings is 1. The van der Waals surface area contributed by atoms with E-state index >= 15 is 0 Å². The summed E-state index contributed by atoms with van der Waals surface area (Å²) in [5, 5.41) is 0.206. The molecule has 118 valence electrons. The van der Waals surface area contributed by atoms with Crippen molar-refractivity contribution in [3.05, 3.63) is 58.3 Å². The van der Waals surface area contributed by atoms with E-state index in [4.69, 9.17) is 4.43 Å². The van der Waals surface area contributed by atoms with Gasteiger partial charge in [0, 0.05) is 16.9 Å². The van der Waals surface area contributed by atoms with Gasteiger partial charge in [-0.25, -0.2) is 0 Å². The van der Waals surface area contributed by atoms with Crippen LogP contribution in [-0.4, -0.2) is 13.3 Å². The predicted molar refractivity (Wildman–Crippen MR) is 99.0 cm³/mol. The summed E-state index contributed by atoms with van der Waals surface area (Å²) in [4.78, 5) is 4.22. The first-order chi connectivity index (χ1) is 10.2. The quantitative estimate of drug-likeness (QED) is 0.626. The van der Waals surface area contributed by atoms with Gasteiger partial charge in [0.2, 0.25) is 8.32 Å². The Bertz CT molecular complexity index is 650. The molecule has 1 aromatic carbocycles. The first-order valence-corrected chi connectivity index (χ1v) is 11.2. The van der Waals surface area contributed by atoms with E-state index in [1.54, 1.807) is 6.20 Å². The predicted octanol–water partition coefficient (Wildman–Crippen LogP) is 5.82. The summed E-state index contributed by atoms with van der Waals surface area (Å²) in [6.07, 6.45) is 4.58. The van der Waals surface area contributed by atoms with E-state index in [-0.39, 0.29) is 5.04 Å². The monoisotopic (exact) mass is 377 g/mol. The van der Waals surface area contributed by atoms with Crippen LogP contribution in [0.3, 0.4) is 0 Å². The van der Waals surface area contributed by atoms with Gasteiger partial charge < -0.3 is 4.43 Å². The van der Waals surface area contributed by atoms with E-state index in [1.165, 1.54) is 11.1 Å². The molecule has 2 aromatic rings. The lowest BCUT2D eigenvalue weighted by atomic mass is 10.1. The molecule has 2 rings (SSSR count). The summed E-state index contributed by atoms with van der Waals surface area (Å²) in [5.41, 5.74) is 2.44. The number of nitrogens with zero attached hydrogens (tertiary/aromatic N) is 1. The molecule has 0 fully saturated rings. The van der Waals surface area contributed by atoms with Crippen LogP contribution in [-0.2, 0) is 6.42 Å². The molecule has 22 heavy (non-hydrogen) atoms. The van der Waals surface area contributed by atoms with Gasteiger partial charge in [0.25, 0.3) is 0 Å². The highest BCUT2D eigenvalue weighted by Crippen LogP contribution is 2.37. The normalized spacial score (nSPS) is 12.3. The molecular formula is C18H24BrNOSi. The van der Waals surface area contributed by atoms with Crippen LogP contribution < -0.4 is 4.43 Å². The van der Waals surface area contributed by atoms with Crippen LogP contribution in [0.2, 0.25) is 18.1 Å². The summed E-state index contributed by atoms with van der Waals surface area (Å²) >= 11 is 3.47. The molecule has 2 nitrogen and oxygen atoms in total. The summed E-state index contributed by atoms with van der Waals surface area (Å²) in [7, 11) is -1.79. The van der Waals surface area contributed by atoms with Gasteiger partial charge in [0.05, 0.1) is 0 Å². The minimum Gasteiger partial charge on any atom is -0.543 e. The summed E-state index contributed by atoms with van der Waals surface area (Å²) in [6.45, 7) is 11.3. The lowest BCUT2D eigenvalue weighted by Gasteiger charge is -2.36. The molecule has 0 spiro atoms. The van der Waals surface area contributed by atoms with Crippen LogP contribution in [0, 0.1) is 0 Å². The molecule has 0 saturated heterocycles. The molecular weight excluding hydrogens is 354 g/mol. The number of hydrogen-bond donors (Lipinski definition) is 0. The van der Waals surface area contributed by atoms with Crippen LogP contribution in [0.25, 0.3) is 0 Å². The largest absolute Gasteiger partial charge is 0.543 e. The second-order valence-electron chi connectivity index (χ2n) is 7.20. The van der Waals surface area contributed by atoms with E-state index in [1.807, 2.05) is 6.20 Å². The number of aromatic nitrogens is 1. The second-order valence-corrected chi connectivity index (χ2v) is 12.8. The smallest absolute Gasteiger partial charge is 0.250 e. The van der Waals surface area contributed by atoms with Crippen LogP contribution in [0.15, 0.2) is 47.2 Å². The van der Waals surface area contributed by atoms with Crippen molar-refractivity contribution in [3.8, 4) is 5.75 Å². The Morgan fingerprint density at radius 2 is 1.82 bits per heavy atom. The molecule has 0 aliphatic rings. The van der Waals surface area contributed by atoms with Gasteiger partial charge in [-0.3, -0.25) is 4.98 Å². The number of pyridine rings is 1. The third-order valence-corrected chi connectivity index (χ3v) is 9.04. The maximum absolute atomic E-state index is 6.38. The molecule has 0 N–H and O–H groups in total. The molecule has 0 aliphatic heterocycles. The molecule has 4 heteroatoms. The molecule has 0 bridgehead atoms. The molecule has 1 heterocycles. The maximum Gasteiger partial charge on any atom is 0.250 e. The summed E-state index contributed by atoms with van der Waals surface area (Å²) in [5.74, 6) is 0.979. The lowest BCUT2D eigenvalue weighted by molar-refractivity contribution is 0.492. The van der Waals surface area contributed by atoms with Crippen LogP contribution in [0.4, 0.5) is 0 Å². The zero-order chi connectivity index (χ0) is 16.4. The van der Waals surface area contributed by atoms with Gasteiger partial charge >= 0.3 is 0 Å². The molecule has 0 amide bonds. The SMILES string of the molecule is CC(C)(C)[Si](C)(C)Oc1cccc(Cc2cncc(Br)c2)c1. The zero-order valence-electron chi connectivity index (χ0n) is 14.0. The highest BCUT2D eigenvalue weighted by molar-refractivity contribution is 9.10. The van der Waals surface area contributed by atoms with Crippen molar-refractivity contribution in [1.82, 2.24) is 4.98 Å².